The lowest BCUT2D eigenvalue weighted by Gasteiger charge is -2.23. The summed E-state index contributed by atoms with van der Waals surface area (Å²) in [6.07, 6.45) is 1.82. The Morgan fingerprint density at radius 2 is 2.14 bits per heavy atom. The maximum atomic E-state index is 11.8. The molecule has 0 bridgehead atoms. The molecule has 0 radical (unpaired) electrons. The van der Waals surface area contributed by atoms with Gasteiger partial charge in [0.05, 0.1) is 5.69 Å². The zero-order valence-electron chi connectivity index (χ0n) is 12.8. The van der Waals surface area contributed by atoms with Crippen LogP contribution in [0.15, 0.2) is 6.20 Å². The first-order valence-electron chi connectivity index (χ1n) is 6.72. The maximum Gasteiger partial charge on any atom is 0.407 e. The Balaban J connectivity index is 2.63. The Hall–Kier alpha value is -2.12. The number of hydrogen-bond donors (Lipinski definition) is 2. The minimum absolute atomic E-state index is 0.0409. The second-order valence-electron chi connectivity index (χ2n) is 5.86. The van der Waals surface area contributed by atoms with Gasteiger partial charge in [-0.15, -0.1) is 5.10 Å². The van der Waals surface area contributed by atoms with Gasteiger partial charge in [0.15, 0.2) is 0 Å². The quantitative estimate of drug-likeness (QED) is 0.815. The van der Waals surface area contributed by atoms with Crippen LogP contribution in [0.2, 0.25) is 0 Å². The van der Waals surface area contributed by atoms with Crippen LogP contribution in [0.25, 0.3) is 0 Å². The largest absolute Gasteiger partial charge is 0.481 e. The highest BCUT2D eigenvalue weighted by atomic mass is 16.6. The second kappa shape index (κ2) is 7.05. The van der Waals surface area contributed by atoms with Gasteiger partial charge in [0, 0.05) is 32.1 Å². The molecule has 1 heterocycles. The van der Waals surface area contributed by atoms with Crippen molar-refractivity contribution in [2.24, 2.45) is 7.05 Å². The van der Waals surface area contributed by atoms with Crippen molar-refractivity contribution in [3.05, 3.63) is 11.9 Å². The van der Waals surface area contributed by atoms with Gasteiger partial charge >= 0.3 is 12.1 Å². The summed E-state index contributed by atoms with van der Waals surface area (Å²) in [6.45, 7) is 5.30. The summed E-state index contributed by atoms with van der Waals surface area (Å²) in [5, 5.41) is 19.2. The average Bonchev–Trinajstić information content (AvgIpc) is 2.69. The topological polar surface area (TPSA) is 106 Å². The van der Waals surface area contributed by atoms with Gasteiger partial charge in [-0.1, -0.05) is 5.21 Å². The summed E-state index contributed by atoms with van der Waals surface area (Å²) < 4.78 is 6.73. The molecule has 8 nitrogen and oxygen atoms in total. The van der Waals surface area contributed by atoms with E-state index in [4.69, 9.17) is 9.84 Å². The molecule has 0 aliphatic heterocycles. The molecule has 0 aromatic carbocycles. The molecule has 1 rings (SSSR count). The number of carboxylic acid groups (broad SMARTS) is 1. The van der Waals surface area contributed by atoms with Crippen LogP contribution in [0.3, 0.4) is 0 Å². The minimum Gasteiger partial charge on any atom is -0.481 e. The normalized spacial score (nSPS) is 12.8. The summed E-state index contributed by atoms with van der Waals surface area (Å²) >= 11 is 0. The predicted molar refractivity (Wildman–Crippen MR) is 74.7 cm³/mol. The molecule has 0 spiro atoms. The van der Waals surface area contributed by atoms with E-state index >= 15 is 0 Å². The molecule has 1 atom stereocenters. The van der Waals surface area contributed by atoms with E-state index in [9.17, 15) is 9.59 Å². The zero-order chi connectivity index (χ0) is 16.0. The van der Waals surface area contributed by atoms with Gasteiger partial charge in [0.25, 0.3) is 0 Å². The van der Waals surface area contributed by atoms with Crippen molar-refractivity contribution < 1.29 is 19.4 Å². The monoisotopic (exact) mass is 298 g/mol. The number of rotatable bonds is 6. The maximum absolute atomic E-state index is 11.8. The van der Waals surface area contributed by atoms with Crippen LogP contribution in [0, 0.1) is 0 Å². The number of carbonyl (C=O) groups is 2. The van der Waals surface area contributed by atoms with Crippen molar-refractivity contribution in [2.45, 2.75) is 51.7 Å². The van der Waals surface area contributed by atoms with Crippen molar-refractivity contribution in [2.75, 3.05) is 0 Å². The molecular formula is C13H22N4O4. The smallest absolute Gasteiger partial charge is 0.407 e. The zero-order valence-corrected chi connectivity index (χ0v) is 12.8. The Bertz CT molecular complexity index is 493. The highest BCUT2D eigenvalue weighted by molar-refractivity contribution is 5.69. The summed E-state index contributed by atoms with van der Waals surface area (Å²) in [7, 11) is 1.74. The fraction of sp³-hybridized carbons (Fsp3) is 0.692. The van der Waals surface area contributed by atoms with Gasteiger partial charge < -0.3 is 15.2 Å². The van der Waals surface area contributed by atoms with Gasteiger partial charge in [0.1, 0.15) is 5.60 Å². The highest BCUT2D eigenvalue weighted by Gasteiger charge is 2.21. The Labute approximate surface area is 123 Å². The molecule has 0 fully saturated rings. The molecule has 2 N–H and O–H groups in total. The predicted octanol–water partition coefficient (Wildman–Crippen LogP) is 1.12. The number of nitrogens with zero attached hydrogens (tertiary/aromatic N) is 3. The van der Waals surface area contributed by atoms with Gasteiger partial charge in [-0.3, -0.25) is 9.48 Å². The number of aromatic nitrogens is 3. The van der Waals surface area contributed by atoms with Crippen LogP contribution in [-0.2, 0) is 23.0 Å². The lowest BCUT2D eigenvalue weighted by molar-refractivity contribution is -0.137. The lowest BCUT2D eigenvalue weighted by Crippen LogP contribution is -2.40. The Morgan fingerprint density at radius 1 is 1.48 bits per heavy atom. The van der Waals surface area contributed by atoms with Gasteiger partial charge in [0.2, 0.25) is 0 Å². The second-order valence-corrected chi connectivity index (χ2v) is 5.86. The molecule has 0 aliphatic rings. The lowest BCUT2D eigenvalue weighted by atomic mass is 10.1. The number of aliphatic carboxylic acids is 1. The van der Waals surface area contributed by atoms with Crippen LogP contribution in [0.4, 0.5) is 4.79 Å². The van der Waals surface area contributed by atoms with E-state index in [0.717, 1.165) is 0 Å². The fourth-order valence-corrected chi connectivity index (χ4v) is 1.74. The van der Waals surface area contributed by atoms with Gasteiger partial charge in [-0.05, 0) is 27.2 Å². The number of ether oxygens (including phenoxy) is 1. The Morgan fingerprint density at radius 3 is 2.62 bits per heavy atom. The van der Waals surface area contributed by atoms with Crippen LogP contribution in [0.5, 0.6) is 0 Å². The van der Waals surface area contributed by atoms with E-state index in [1.807, 2.05) is 0 Å². The van der Waals surface area contributed by atoms with Crippen molar-refractivity contribution in [1.82, 2.24) is 20.3 Å². The van der Waals surface area contributed by atoms with Crippen LogP contribution in [0.1, 0.15) is 39.3 Å². The molecule has 1 amide bonds. The van der Waals surface area contributed by atoms with E-state index in [1.54, 1.807) is 38.7 Å². The SMILES string of the molecule is Cn1cc(CC(CCC(=O)O)NC(=O)OC(C)(C)C)nn1. The van der Waals surface area contributed by atoms with Gasteiger partial charge in [-0.2, -0.15) is 0 Å². The first kappa shape index (κ1) is 16.9. The number of hydrogen-bond acceptors (Lipinski definition) is 5. The molecule has 8 heteroatoms. The number of nitrogens with one attached hydrogen (secondary N) is 1. The van der Waals surface area contributed by atoms with E-state index in [0.29, 0.717) is 18.5 Å². The minimum atomic E-state index is -0.912. The first-order chi connectivity index (χ1) is 9.65. The van der Waals surface area contributed by atoms with Crippen LogP contribution >= 0.6 is 0 Å². The molecule has 1 aromatic rings. The van der Waals surface area contributed by atoms with Crippen molar-refractivity contribution in [3.63, 3.8) is 0 Å². The fourth-order valence-electron chi connectivity index (χ4n) is 1.74. The highest BCUT2D eigenvalue weighted by Crippen LogP contribution is 2.09. The molecular weight excluding hydrogens is 276 g/mol. The summed E-state index contributed by atoms with van der Waals surface area (Å²) in [5.41, 5.74) is 0.0810. The third-order valence-corrected chi connectivity index (χ3v) is 2.53. The first-order valence-corrected chi connectivity index (χ1v) is 6.72. The Kier molecular flexibility index (Phi) is 5.69. The summed E-state index contributed by atoms with van der Waals surface area (Å²) in [6, 6.07) is -0.368. The number of amides is 1. The number of carboxylic acids is 1. The molecule has 21 heavy (non-hydrogen) atoms. The van der Waals surface area contributed by atoms with Crippen LogP contribution < -0.4 is 5.32 Å². The van der Waals surface area contributed by atoms with Crippen molar-refractivity contribution in [3.8, 4) is 0 Å². The number of aryl methyl sites for hydroxylation is 1. The van der Waals surface area contributed by atoms with E-state index in [2.05, 4.69) is 15.6 Å². The molecule has 0 saturated carbocycles. The summed E-state index contributed by atoms with van der Waals surface area (Å²) in [4.78, 5) is 22.5. The van der Waals surface area contributed by atoms with E-state index in [-0.39, 0.29) is 12.5 Å². The molecule has 0 aliphatic carbocycles. The molecule has 118 valence electrons. The molecule has 0 saturated heterocycles. The molecule has 1 unspecified atom stereocenters. The van der Waals surface area contributed by atoms with E-state index < -0.39 is 17.7 Å². The summed E-state index contributed by atoms with van der Waals surface area (Å²) in [5.74, 6) is -0.912. The average molecular weight is 298 g/mol. The van der Waals surface area contributed by atoms with Crippen molar-refractivity contribution in [1.29, 1.82) is 0 Å². The van der Waals surface area contributed by atoms with Crippen molar-refractivity contribution >= 4 is 12.1 Å². The molecule has 1 aromatic heterocycles. The van der Waals surface area contributed by atoms with Gasteiger partial charge in [-0.25, -0.2) is 4.79 Å². The van der Waals surface area contributed by atoms with Crippen LogP contribution in [-0.4, -0.2) is 43.8 Å². The standard InChI is InChI=1S/C13H22N4O4/c1-13(2,3)21-12(20)14-9(5-6-11(18)19)7-10-8-17(4)16-15-10/h8-9H,5-7H2,1-4H3,(H,14,20)(H,18,19). The third kappa shape index (κ3) is 7.28. The number of carbonyl (C=O) groups excluding carboxylic acids is 1. The number of alkyl carbamates (subject to hydrolysis) is 1. The van der Waals surface area contributed by atoms with E-state index in [1.165, 1.54) is 0 Å². The third-order valence-electron chi connectivity index (χ3n) is 2.53.